The number of rotatable bonds is 40. The maximum absolute atomic E-state index is 12.6. The molecule has 0 aromatic carbocycles. The lowest BCUT2D eigenvalue weighted by atomic mass is 10.1. The number of phosphoric ester groups is 1. The van der Waals surface area contributed by atoms with E-state index in [1.54, 1.807) is 12.2 Å². The molecule has 12 heteroatoms. The van der Waals surface area contributed by atoms with Crippen molar-refractivity contribution in [2.45, 2.75) is 180 Å². The molecule has 11 nitrogen and oxygen atoms in total. The van der Waals surface area contributed by atoms with Gasteiger partial charge in [-0.15, -0.1) is 0 Å². The molecule has 0 aliphatic heterocycles. The Hall–Kier alpha value is -3.08. The van der Waals surface area contributed by atoms with Gasteiger partial charge >= 0.3 is 25.7 Å². The number of hydrogen-bond donors (Lipinski definition) is 3. The average molecular weight is 836 g/mol. The number of carbonyl (C=O) groups is 3. The van der Waals surface area contributed by atoms with E-state index in [4.69, 9.17) is 24.8 Å². The second kappa shape index (κ2) is 40.7. The molecule has 0 aliphatic rings. The van der Waals surface area contributed by atoms with Crippen LogP contribution < -0.4 is 5.73 Å². The highest BCUT2D eigenvalue weighted by molar-refractivity contribution is 7.47. The second-order valence-corrected chi connectivity index (χ2v) is 16.0. The number of carboxylic acid groups (broad SMARTS) is 1. The van der Waals surface area contributed by atoms with E-state index >= 15 is 0 Å². The molecular formula is C46H78NO10P. The Bertz CT molecular complexity index is 1260. The van der Waals surface area contributed by atoms with Gasteiger partial charge in [-0.2, -0.15) is 0 Å². The summed E-state index contributed by atoms with van der Waals surface area (Å²) in [5, 5.41) is 8.88. The molecule has 332 valence electrons. The zero-order valence-corrected chi connectivity index (χ0v) is 36.8. The third-order valence-corrected chi connectivity index (χ3v) is 9.98. The Morgan fingerprint density at radius 1 is 0.586 bits per heavy atom. The molecule has 0 spiro atoms. The first-order valence-corrected chi connectivity index (χ1v) is 23.5. The molecule has 0 radical (unpaired) electrons. The third kappa shape index (κ3) is 39.7. The molecule has 0 aromatic rings. The van der Waals surface area contributed by atoms with Gasteiger partial charge in [-0.05, 0) is 64.2 Å². The number of ether oxygens (including phenoxy) is 2. The van der Waals surface area contributed by atoms with E-state index in [1.165, 1.54) is 96.0 Å². The smallest absolute Gasteiger partial charge is 0.472 e. The molecule has 58 heavy (non-hydrogen) atoms. The number of carboxylic acids is 1. The summed E-state index contributed by atoms with van der Waals surface area (Å²) in [7, 11) is -4.75. The summed E-state index contributed by atoms with van der Waals surface area (Å²) in [6.07, 6.45) is 48.8. The zero-order chi connectivity index (χ0) is 42.8. The van der Waals surface area contributed by atoms with Gasteiger partial charge in [-0.3, -0.25) is 18.6 Å². The lowest BCUT2D eigenvalue weighted by Crippen LogP contribution is -2.34. The largest absolute Gasteiger partial charge is 0.480 e. The number of nitrogens with two attached hydrogens (primary N) is 1. The predicted molar refractivity (Wildman–Crippen MR) is 235 cm³/mol. The quantitative estimate of drug-likeness (QED) is 0.0134. The topological polar surface area (TPSA) is 172 Å². The van der Waals surface area contributed by atoms with E-state index in [9.17, 15) is 23.8 Å². The minimum Gasteiger partial charge on any atom is -0.480 e. The van der Waals surface area contributed by atoms with Gasteiger partial charge in [0.25, 0.3) is 0 Å². The minimum absolute atomic E-state index is 0.101. The second-order valence-electron chi connectivity index (χ2n) is 14.5. The van der Waals surface area contributed by atoms with Crippen LogP contribution in [-0.4, -0.2) is 59.9 Å². The molecule has 3 atom stereocenters. The molecule has 0 heterocycles. The van der Waals surface area contributed by atoms with Crippen molar-refractivity contribution in [2.75, 3.05) is 19.8 Å². The van der Waals surface area contributed by atoms with Crippen molar-refractivity contribution in [3.63, 3.8) is 0 Å². The number of phosphoric acid groups is 1. The van der Waals surface area contributed by atoms with Gasteiger partial charge in [0.1, 0.15) is 12.6 Å². The van der Waals surface area contributed by atoms with Gasteiger partial charge < -0.3 is 25.2 Å². The van der Waals surface area contributed by atoms with Crippen molar-refractivity contribution in [1.29, 1.82) is 0 Å². The highest BCUT2D eigenvalue weighted by Gasteiger charge is 2.28. The minimum atomic E-state index is -4.75. The standard InChI is InChI=1S/C46H78NO10P/c1-3-5-7-9-11-13-15-17-19-20-21-22-24-26-28-30-32-34-36-38-45(49)57-42(40-55-58(52,53)56-41-43(47)46(50)51)39-54-44(48)37-35-33-31-29-27-25-23-18-16-14-12-10-8-6-4-2/h11,13,17,19,21-22,26,28,31,33,35,37,42-43H,3-10,12,14-16,18,20,23-25,27,29-30,32,34,36,38-41,47H2,1-2H3,(H,50,51)(H,52,53)/b13-11+,19-17+,22-21+,28-26+,33-31+,37-35+/t42-,43+/m1/s1. The molecule has 0 aliphatic carbocycles. The summed E-state index contributed by atoms with van der Waals surface area (Å²) in [6, 6.07) is -1.54. The molecule has 0 rings (SSSR count). The highest BCUT2D eigenvalue weighted by Crippen LogP contribution is 2.43. The Morgan fingerprint density at radius 2 is 1.03 bits per heavy atom. The lowest BCUT2D eigenvalue weighted by Gasteiger charge is -2.20. The van der Waals surface area contributed by atoms with Crippen LogP contribution in [0.1, 0.15) is 168 Å². The maximum Gasteiger partial charge on any atom is 0.472 e. The van der Waals surface area contributed by atoms with Crippen molar-refractivity contribution in [1.82, 2.24) is 0 Å². The summed E-state index contributed by atoms with van der Waals surface area (Å²) < 4.78 is 32.5. The molecule has 4 N–H and O–H groups in total. The van der Waals surface area contributed by atoms with Crippen LogP contribution in [-0.2, 0) is 37.5 Å². The van der Waals surface area contributed by atoms with Crippen LogP contribution in [0.2, 0.25) is 0 Å². The molecule has 1 unspecified atom stereocenters. The fourth-order valence-corrected chi connectivity index (χ4v) is 6.33. The average Bonchev–Trinajstić information content (AvgIpc) is 3.20. The summed E-state index contributed by atoms with van der Waals surface area (Å²) in [5.74, 6) is -2.69. The van der Waals surface area contributed by atoms with E-state index in [2.05, 4.69) is 67.0 Å². The van der Waals surface area contributed by atoms with E-state index < -0.39 is 57.7 Å². The van der Waals surface area contributed by atoms with E-state index in [1.807, 2.05) is 6.08 Å². The fourth-order valence-electron chi connectivity index (χ4n) is 5.55. The molecule has 0 saturated heterocycles. The summed E-state index contributed by atoms with van der Waals surface area (Å²) in [4.78, 5) is 45.8. The van der Waals surface area contributed by atoms with Gasteiger partial charge in [-0.1, -0.05) is 164 Å². The molecule has 0 fully saturated rings. The molecule has 0 amide bonds. The Labute approximate surface area is 350 Å². The lowest BCUT2D eigenvalue weighted by molar-refractivity contribution is -0.159. The predicted octanol–water partition coefficient (Wildman–Crippen LogP) is 11.7. The van der Waals surface area contributed by atoms with Gasteiger partial charge in [-0.25, -0.2) is 9.36 Å². The van der Waals surface area contributed by atoms with Crippen LogP contribution in [0.3, 0.4) is 0 Å². The van der Waals surface area contributed by atoms with Crippen molar-refractivity contribution in [3.8, 4) is 0 Å². The van der Waals surface area contributed by atoms with Gasteiger partial charge in [0, 0.05) is 12.5 Å². The van der Waals surface area contributed by atoms with E-state index in [-0.39, 0.29) is 6.42 Å². The monoisotopic (exact) mass is 836 g/mol. The highest BCUT2D eigenvalue weighted by atomic mass is 31.2. The summed E-state index contributed by atoms with van der Waals surface area (Å²) >= 11 is 0. The first-order valence-electron chi connectivity index (χ1n) is 22.0. The molecule has 0 aromatic heterocycles. The van der Waals surface area contributed by atoms with Gasteiger partial charge in [0.2, 0.25) is 0 Å². The molecule has 0 bridgehead atoms. The third-order valence-electron chi connectivity index (χ3n) is 9.03. The number of allylic oxidation sites excluding steroid dienone is 11. The van der Waals surface area contributed by atoms with Crippen LogP contribution in [0.5, 0.6) is 0 Å². The van der Waals surface area contributed by atoms with Crippen LogP contribution in [0.4, 0.5) is 0 Å². The summed E-state index contributed by atoms with van der Waals surface area (Å²) in [5.41, 5.74) is 5.32. The van der Waals surface area contributed by atoms with Crippen LogP contribution >= 0.6 is 7.82 Å². The van der Waals surface area contributed by atoms with Crippen LogP contribution in [0, 0.1) is 0 Å². The van der Waals surface area contributed by atoms with Crippen molar-refractivity contribution in [3.05, 3.63) is 72.9 Å². The van der Waals surface area contributed by atoms with Gasteiger partial charge in [0.15, 0.2) is 6.10 Å². The number of unbranched alkanes of at least 4 members (excludes halogenated alkanes) is 17. The molecular weight excluding hydrogens is 757 g/mol. The Balaban J connectivity index is 4.53. The normalized spacial score (nSPS) is 14.4. The number of esters is 2. The maximum atomic E-state index is 12.6. The first kappa shape index (κ1) is 54.9. The van der Waals surface area contributed by atoms with Crippen molar-refractivity contribution < 1.29 is 47.5 Å². The fraction of sp³-hybridized carbons (Fsp3) is 0.674. The number of aliphatic carboxylic acids is 1. The van der Waals surface area contributed by atoms with Gasteiger partial charge in [0.05, 0.1) is 13.2 Å². The SMILES string of the molecule is CCCCC/C=C/C/C=C/C/C=C/C/C=C/CCCCCC(=O)O[C@H](COC(=O)/C=C/C=C/CCCCCCCCCCCCC)COP(=O)(O)OC[C@H](N)C(=O)O. The number of carbonyl (C=O) groups excluding carboxylic acids is 2. The summed E-state index contributed by atoms with van der Waals surface area (Å²) in [6.45, 7) is 2.61. The van der Waals surface area contributed by atoms with Crippen LogP contribution in [0.15, 0.2) is 72.9 Å². The van der Waals surface area contributed by atoms with Crippen molar-refractivity contribution in [2.24, 2.45) is 5.73 Å². The van der Waals surface area contributed by atoms with E-state index in [0.717, 1.165) is 51.4 Å². The zero-order valence-electron chi connectivity index (χ0n) is 35.9. The van der Waals surface area contributed by atoms with Crippen molar-refractivity contribution >= 4 is 25.7 Å². The van der Waals surface area contributed by atoms with Crippen LogP contribution in [0.25, 0.3) is 0 Å². The first-order chi connectivity index (χ1) is 28.1. The molecule has 0 saturated carbocycles. The Morgan fingerprint density at radius 3 is 1.59 bits per heavy atom. The van der Waals surface area contributed by atoms with E-state index in [0.29, 0.717) is 6.42 Å². The Kier molecular flexibility index (Phi) is 38.5. The number of hydrogen-bond acceptors (Lipinski definition) is 9.